The van der Waals surface area contributed by atoms with Crippen LogP contribution >= 0.6 is 23.2 Å². The fraction of sp³-hybridized carbons (Fsp3) is 0.176. The molecule has 0 aliphatic heterocycles. The van der Waals surface area contributed by atoms with Crippen LogP contribution in [0.2, 0.25) is 10.0 Å². The molecule has 132 valence electrons. The average Bonchev–Trinajstić information content (AvgIpc) is 2.52. The maximum Gasteiger partial charge on any atom is 0.240 e. The Kier molecular flexibility index (Phi) is 6.33. The van der Waals surface area contributed by atoms with Crippen LogP contribution in [0.4, 0.5) is 8.78 Å². The van der Waals surface area contributed by atoms with Gasteiger partial charge in [-0.25, -0.2) is 8.78 Å². The minimum absolute atomic E-state index is 0.0782. The highest BCUT2D eigenvalue weighted by atomic mass is 35.5. The summed E-state index contributed by atoms with van der Waals surface area (Å²) >= 11 is 11.9. The van der Waals surface area contributed by atoms with Gasteiger partial charge in [-0.1, -0.05) is 35.3 Å². The fourth-order valence-electron chi connectivity index (χ4n) is 2.21. The molecule has 4 nitrogen and oxygen atoms in total. The highest BCUT2D eigenvalue weighted by Gasteiger charge is 2.20. The molecule has 0 spiro atoms. The molecule has 0 saturated heterocycles. The van der Waals surface area contributed by atoms with Gasteiger partial charge in [-0.3, -0.25) is 9.59 Å². The second-order valence-corrected chi connectivity index (χ2v) is 6.23. The molecule has 0 unspecified atom stereocenters. The summed E-state index contributed by atoms with van der Waals surface area (Å²) in [4.78, 5) is 23.7. The molecule has 1 atom stereocenters. The predicted molar refractivity (Wildman–Crippen MR) is 91.4 cm³/mol. The lowest BCUT2D eigenvalue weighted by Crippen LogP contribution is -2.46. The molecular weight excluding hydrogens is 373 g/mol. The van der Waals surface area contributed by atoms with Gasteiger partial charge in [0, 0.05) is 16.5 Å². The summed E-state index contributed by atoms with van der Waals surface area (Å²) in [6, 6.07) is 6.87. The van der Waals surface area contributed by atoms with Gasteiger partial charge in [0.25, 0.3) is 0 Å². The van der Waals surface area contributed by atoms with Crippen molar-refractivity contribution in [2.75, 3.05) is 0 Å². The SMILES string of the molecule is NC(=O)[C@H](Cc1ccc(Cl)cc1Cl)NC(=O)Cc1ccc(F)c(F)c1. The summed E-state index contributed by atoms with van der Waals surface area (Å²) in [5, 5.41) is 3.25. The van der Waals surface area contributed by atoms with Gasteiger partial charge in [-0.15, -0.1) is 0 Å². The van der Waals surface area contributed by atoms with E-state index in [-0.39, 0.29) is 18.4 Å². The molecule has 25 heavy (non-hydrogen) atoms. The zero-order valence-electron chi connectivity index (χ0n) is 12.9. The van der Waals surface area contributed by atoms with E-state index in [4.69, 9.17) is 28.9 Å². The maximum atomic E-state index is 13.2. The maximum absolute atomic E-state index is 13.2. The van der Waals surface area contributed by atoms with Crippen LogP contribution in [0.3, 0.4) is 0 Å². The number of nitrogens with two attached hydrogens (primary N) is 1. The standard InChI is InChI=1S/C17H14Cl2F2N2O2/c18-11-3-2-10(12(19)8-11)7-15(17(22)25)23-16(24)6-9-1-4-13(20)14(21)5-9/h1-5,8,15H,6-7H2,(H2,22,25)(H,23,24)/t15-/m0/s1. The van der Waals surface area contributed by atoms with Crippen LogP contribution in [0.1, 0.15) is 11.1 Å². The van der Waals surface area contributed by atoms with Gasteiger partial charge < -0.3 is 11.1 Å². The topological polar surface area (TPSA) is 72.2 Å². The number of halogens is 4. The molecule has 0 radical (unpaired) electrons. The Balaban J connectivity index is 2.06. The van der Waals surface area contributed by atoms with Crippen LogP contribution in [-0.4, -0.2) is 17.9 Å². The zero-order valence-corrected chi connectivity index (χ0v) is 14.4. The quantitative estimate of drug-likeness (QED) is 0.800. The van der Waals surface area contributed by atoms with Crippen LogP contribution in [0.25, 0.3) is 0 Å². The van der Waals surface area contributed by atoms with E-state index in [1.807, 2.05) is 0 Å². The van der Waals surface area contributed by atoms with Gasteiger partial charge in [0.15, 0.2) is 11.6 Å². The molecule has 0 heterocycles. The zero-order chi connectivity index (χ0) is 18.6. The Morgan fingerprint density at radius 1 is 1.08 bits per heavy atom. The lowest BCUT2D eigenvalue weighted by atomic mass is 10.0. The van der Waals surface area contributed by atoms with Crippen LogP contribution in [0, 0.1) is 11.6 Å². The van der Waals surface area contributed by atoms with Crippen molar-refractivity contribution in [1.82, 2.24) is 5.32 Å². The van der Waals surface area contributed by atoms with Crippen LogP contribution in [0.15, 0.2) is 36.4 Å². The van der Waals surface area contributed by atoms with Crippen molar-refractivity contribution in [1.29, 1.82) is 0 Å². The summed E-state index contributed by atoms with van der Waals surface area (Å²) in [5.74, 6) is -3.36. The highest BCUT2D eigenvalue weighted by molar-refractivity contribution is 6.35. The third-order valence-corrected chi connectivity index (χ3v) is 4.05. The van der Waals surface area contributed by atoms with Gasteiger partial charge in [-0.05, 0) is 35.4 Å². The van der Waals surface area contributed by atoms with E-state index in [0.29, 0.717) is 15.6 Å². The van der Waals surface area contributed by atoms with E-state index in [0.717, 1.165) is 12.1 Å². The highest BCUT2D eigenvalue weighted by Crippen LogP contribution is 2.22. The van der Waals surface area contributed by atoms with Crippen molar-refractivity contribution >= 4 is 35.0 Å². The Morgan fingerprint density at radius 3 is 2.40 bits per heavy atom. The molecule has 0 bridgehead atoms. The largest absolute Gasteiger partial charge is 0.368 e. The van der Waals surface area contributed by atoms with Crippen LogP contribution in [-0.2, 0) is 22.4 Å². The predicted octanol–water partition coefficient (Wildman–Crippen LogP) is 3.03. The number of carbonyl (C=O) groups excluding carboxylic acids is 2. The van der Waals surface area contributed by atoms with Crippen molar-refractivity contribution in [3.05, 3.63) is 69.2 Å². The fourth-order valence-corrected chi connectivity index (χ4v) is 2.70. The van der Waals surface area contributed by atoms with Gasteiger partial charge in [-0.2, -0.15) is 0 Å². The second kappa shape index (κ2) is 8.27. The number of hydrogen-bond donors (Lipinski definition) is 2. The third kappa shape index (κ3) is 5.41. The smallest absolute Gasteiger partial charge is 0.240 e. The van der Waals surface area contributed by atoms with E-state index in [9.17, 15) is 18.4 Å². The van der Waals surface area contributed by atoms with Crippen molar-refractivity contribution in [2.24, 2.45) is 5.73 Å². The summed E-state index contributed by atoms with van der Waals surface area (Å²) in [7, 11) is 0. The van der Waals surface area contributed by atoms with Gasteiger partial charge in [0.2, 0.25) is 11.8 Å². The van der Waals surface area contributed by atoms with Crippen molar-refractivity contribution in [3.8, 4) is 0 Å². The lowest BCUT2D eigenvalue weighted by molar-refractivity contribution is -0.127. The third-order valence-electron chi connectivity index (χ3n) is 3.47. The Morgan fingerprint density at radius 2 is 1.80 bits per heavy atom. The molecule has 0 aliphatic carbocycles. The van der Waals surface area contributed by atoms with Gasteiger partial charge in [0.1, 0.15) is 6.04 Å². The minimum atomic E-state index is -1.05. The minimum Gasteiger partial charge on any atom is -0.368 e. The van der Waals surface area contributed by atoms with E-state index in [1.165, 1.54) is 12.1 Å². The lowest BCUT2D eigenvalue weighted by Gasteiger charge is -2.16. The number of primary amides is 1. The number of benzene rings is 2. The summed E-state index contributed by atoms with van der Waals surface area (Å²) < 4.78 is 26.1. The molecule has 0 fully saturated rings. The Labute approximate surface area is 152 Å². The first-order valence-electron chi connectivity index (χ1n) is 7.23. The number of nitrogens with one attached hydrogen (secondary N) is 1. The Bertz CT molecular complexity index is 815. The molecule has 0 aliphatic rings. The number of hydrogen-bond acceptors (Lipinski definition) is 2. The van der Waals surface area contributed by atoms with E-state index in [1.54, 1.807) is 12.1 Å². The van der Waals surface area contributed by atoms with Crippen molar-refractivity contribution < 1.29 is 18.4 Å². The first-order chi connectivity index (χ1) is 11.8. The van der Waals surface area contributed by atoms with Crippen LogP contribution < -0.4 is 11.1 Å². The molecule has 0 saturated carbocycles. The normalized spacial score (nSPS) is 11.8. The summed E-state index contributed by atoms with van der Waals surface area (Å²) in [6.07, 6.45) is -0.149. The molecule has 0 aromatic heterocycles. The Hall–Kier alpha value is -2.18. The summed E-state index contributed by atoms with van der Waals surface area (Å²) in [6.45, 7) is 0. The molecule has 8 heteroatoms. The van der Waals surface area contributed by atoms with Crippen LogP contribution in [0.5, 0.6) is 0 Å². The first kappa shape index (κ1) is 19.1. The first-order valence-corrected chi connectivity index (χ1v) is 7.98. The molecule has 2 amide bonds. The second-order valence-electron chi connectivity index (χ2n) is 5.39. The number of amides is 2. The van der Waals surface area contributed by atoms with Crippen molar-refractivity contribution in [3.63, 3.8) is 0 Å². The van der Waals surface area contributed by atoms with Crippen molar-refractivity contribution in [2.45, 2.75) is 18.9 Å². The van der Waals surface area contributed by atoms with E-state index in [2.05, 4.69) is 5.32 Å². The molecular formula is C17H14Cl2F2N2O2. The number of rotatable bonds is 6. The van der Waals surface area contributed by atoms with E-state index < -0.39 is 29.5 Å². The molecule has 2 rings (SSSR count). The van der Waals surface area contributed by atoms with E-state index >= 15 is 0 Å². The van der Waals surface area contributed by atoms with Gasteiger partial charge in [0.05, 0.1) is 6.42 Å². The number of carbonyl (C=O) groups is 2. The molecule has 3 N–H and O–H groups in total. The molecule has 2 aromatic rings. The van der Waals surface area contributed by atoms with Gasteiger partial charge >= 0.3 is 0 Å². The summed E-state index contributed by atoms with van der Waals surface area (Å²) in [5.41, 5.74) is 6.17. The molecule has 2 aromatic carbocycles. The monoisotopic (exact) mass is 386 g/mol. The average molecular weight is 387 g/mol.